The van der Waals surface area contributed by atoms with E-state index in [0.717, 1.165) is 6.07 Å². The maximum Gasteiger partial charge on any atom is 0.343 e. The Morgan fingerprint density at radius 2 is 2.05 bits per heavy atom. The fourth-order valence-corrected chi connectivity index (χ4v) is 1.87. The van der Waals surface area contributed by atoms with Gasteiger partial charge in [0, 0.05) is 26.7 Å². The number of amides is 1. The van der Waals surface area contributed by atoms with Crippen LogP contribution in [0.15, 0.2) is 18.2 Å². The van der Waals surface area contributed by atoms with Crippen LogP contribution in [0, 0.1) is 10.1 Å². The summed E-state index contributed by atoms with van der Waals surface area (Å²) < 4.78 is 0. The van der Waals surface area contributed by atoms with Crippen LogP contribution in [-0.2, 0) is 11.3 Å². The molecule has 2 N–H and O–H groups in total. The topological polar surface area (TPSA) is 113 Å². The normalized spacial score (nSPS) is 11.8. The Bertz CT molecular complexity index is 571. The van der Waals surface area contributed by atoms with E-state index in [1.54, 1.807) is 21.0 Å². The molecule has 0 bridgehead atoms. The van der Waals surface area contributed by atoms with Crippen LogP contribution >= 0.6 is 0 Å². The summed E-state index contributed by atoms with van der Waals surface area (Å²) in [7, 11) is 3.22. The average molecular weight is 295 g/mol. The first-order valence-corrected chi connectivity index (χ1v) is 6.19. The molecular formula is C13H17N3O5. The van der Waals surface area contributed by atoms with Gasteiger partial charge in [-0.1, -0.05) is 12.1 Å². The van der Waals surface area contributed by atoms with Crippen LogP contribution in [0.3, 0.4) is 0 Å². The number of aromatic carboxylic acids is 1. The number of nitro groups is 1. The monoisotopic (exact) mass is 295 g/mol. The van der Waals surface area contributed by atoms with E-state index >= 15 is 0 Å². The zero-order valence-corrected chi connectivity index (χ0v) is 12.0. The highest BCUT2D eigenvalue weighted by Gasteiger charge is 2.24. The van der Waals surface area contributed by atoms with E-state index in [2.05, 4.69) is 5.32 Å². The first-order chi connectivity index (χ1) is 9.75. The van der Waals surface area contributed by atoms with Gasteiger partial charge in [0.15, 0.2) is 0 Å². The molecule has 1 aromatic carbocycles. The largest absolute Gasteiger partial charge is 0.477 e. The summed E-state index contributed by atoms with van der Waals surface area (Å²) in [6.07, 6.45) is 0. The van der Waals surface area contributed by atoms with Crippen molar-refractivity contribution in [2.45, 2.75) is 19.5 Å². The number of likely N-dealkylation sites (N-methyl/N-ethyl adjacent to an activating group) is 1. The number of carboxylic acids is 1. The second-order valence-corrected chi connectivity index (χ2v) is 4.71. The van der Waals surface area contributed by atoms with Gasteiger partial charge < -0.3 is 15.3 Å². The van der Waals surface area contributed by atoms with Crippen molar-refractivity contribution in [2.24, 2.45) is 0 Å². The molecule has 0 aromatic heterocycles. The van der Waals surface area contributed by atoms with E-state index < -0.39 is 22.6 Å². The van der Waals surface area contributed by atoms with Gasteiger partial charge in [0.25, 0.3) is 5.69 Å². The molecule has 21 heavy (non-hydrogen) atoms. The highest BCUT2D eigenvalue weighted by atomic mass is 16.6. The minimum Gasteiger partial charge on any atom is -0.477 e. The van der Waals surface area contributed by atoms with Crippen LogP contribution in [-0.4, -0.2) is 46.9 Å². The Labute approximate surface area is 121 Å². The summed E-state index contributed by atoms with van der Waals surface area (Å²) in [5.74, 6) is -1.54. The van der Waals surface area contributed by atoms with Crippen LogP contribution < -0.4 is 5.32 Å². The number of carbonyl (C=O) groups is 2. The van der Waals surface area contributed by atoms with Crippen LogP contribution in [0.1, 0.15) is 22.8 Å². The van der Waals surface area contributed by atoms with Crippen molar-refractivity contribution in [2.75, 3.05) is 14.1 Å². The Balaban J connectivity index is 2.99. The maximum absolute atomic E-state index is 11.7. The zero-order chi connectivity index (χ0) is 16.2. The first kappa shape index (κ1) is 16.6. The number of hydrogen-bond acceptors (Lipinski definition) is 5. The van der Waals surface area contributed by atoms with Crippen LogP contribution in [0.5, 0.6) is 0 Å². The second-order valence-electron chi connectivity index (χ2n) is 4.71. The summed E-state index contributed by atoms with van der Waals surface area (Å²) in [6.45, 7) is 1.68. The van der Waals surface area contributed by atoms with Gasteiger partial charge in [-0.25, -0.2) is 4.79 Å². The lowest BCUT2D eigenvalue weighted by molar-refractivity contribution is -0.385. The van der Waals surface area contributed by atoms with Gasteiger partial charge in [0.2, 0.25) is 5.91 Å². The van der Waals surface area contributed by atoms with E-state index in [9.17, 15) is 19.7 Å². The predicted molar refractivity (Wildman–Crippen MR) is 75.1 cm³/mol. The van der Waals surface area contributed by atoms with Crippen molar-refractivity contribution >= 4 is 17.6 Å². The molecule has 8 nitrogen and oxygen atoms in total. The minimum atomic E-state index is -1.37. The maximum atomic E-state index is 11.7. The summed E-state index contributed by atoms with van der Waals surface area (Å²) in [5, 5.41) is 22.9. The second kappa shape index (κ2) is 6.80. The molecule has 1 unspecified atom stereocenters. The summed E-state index contributed by atoms with van der Waals surface area (Å²) in [4.78, 5) is 34.5. The van der Waals surface area contributed by atoms with Crippen molar-refractivity contribution in [1.29, 1.82) is 0 Å². The number of carbonyl (C=O) groups excluding carboxylic acids is 1. The van der Waals surface area contributed by atoms with Gasteiger partial charge in [0.05, 0.1) is 11.0 Å². The zero-order valence-electron chi connectivity index (χ0n) is 12.0. The third-order valence-electron chi connectivity index (χ3n) is 2.95. The van der Waals surface area contributed by atoms with E-state index in [0.29, 0.717) is 0 Å². The molecule has 1 atom stereocenters. The van der Waals surface area contributed by atoms with Gasteiger partial charge in [-0.2, -0.15) is 0 Å². The molecule has 1 amide bonds. The smallest absolute Gasteiger partial charge is 0.343 e. The molecule has 0 saturated carbocycles. The molecule has 0 fully saturated rings. The number of nitrogens with zero attached hydrogens (tertiary/aromatic N) is 2. The highest BCUT2D eigenvalue weighted by molar-refractivity contribution is 5.94. The number of hydrogen-bond donors (Lipinski definition) is 2. The fraction of sp³-hybridized carbons (Fsp3) is 0.385. The van der Waals surface area contributed by atoms with Gasteiger partial charge >= 0.3 is 5.97 Å². The lowest BCUT2D eigenvalue weighted by atomic mass is 10.0. The quantitative estimate of drug-likeness (QED) is 0.594. The Morgan fingerprint density at radius 1 is 1.43 bits per heavy atom. The molecule has 0 radical (unpaired) electrons. The highest BCUT2D eigenvalue weighted by Crippen LogP contribution is 2.22. The SMILES string of the molecule is CC(NCc1cccc([N+](=O)[O-])c1C(=O)O)C(=O)N(C)C. The lowest BCUT2D eigenvalue weighted by Crippen LogP contribution is -2.41. The van der Waals surface area contributed by atoms with Gasteiger partial charge in [-0.15, -0.1) is 0 Å². The molecule has 0 heterocycles. The number of carboxylic acid groups (broad SMARTS) is 1. The molecule has 0 aliphatic carbocycles. The Morgan fingerprint density at radius 3 is 2.52 bits per heavy atom. The minimum absolute atomic E-state index is 0.0457. The van der Waals surface area contributed by atoms with E-state index in [-0.39, 0.29) is 23.6 Å². The number of rotatable bonds is 6. The molecule has 0 saturated heterocycles. The van der Waals surface area contributed by atoms with E-state index in [1.165, 1.54) is 17.0 Å². The van der Waals surface area contributed by atoms with Crippen molar-refractivity contribution in [3.05, 3.63) is 39.4 Å². The van der Waals surface area contributed by atoms with Crippen molar-refractivity contribution < 1.29 is 19.6 Å². The molecular weight excluding hydrogens is 278 g/mol. The fourth-order valence-electron chi connectivity index (χ4n) is 1.87. The summed E-state index contributed by atoms with van der Waals surface area (Å²) in [6, 6.07) is 3.51. The van der Waals surface area contributed by atoms with Crippen LogP contribution in [0.4, 0.5) is 5.69 Å². The first-order valence-electron chi connectivity index (χ1n) is 6.19. The summed E-state index contributed by atoms with van der Waals surface area (Å²) >= 11 is 0. The lowest BCUT2D eigenvalue weighted by Gasteiger charge is -2.18. The van der Waals surface area contributed by atoms with Crippen molar-refractivity contribution in [3.63, 3.8) is 0 Å². The number of nitrogens with one attached hydrogen (secondary N) is 1. The van der Waals surface area contributed by atoms with Crippen LogP contribution in [0.25, 0.3) is 0 Å². The number of benzene rings is 1. The van der Waals surface area contributed by atoms with Gasteiger partial charge in [-0.3, -0.25) is 14.9 Å². The third-order valence-corrected chi connectivity index (χ3v) is 2.95. The average Bonchev–Trinajstić information content (AvgIpc) is 2.42. The molecule has 8 heteroatoms. The molecule has 1 rings (SSSR count). The third kappa shape index (κ3) is 3.99. The molecule has 0 aliphatic heterocycles. The van der Waals surface area contributed by atoms with Gasteiger partial charge in [0.1, 0.15) is 5.56 Å². The molecule has 1 aromatic rings. The predicted octanol–water partition coefficient (Wildman–Crippen LogP) is 0.859. The Kier molecular flexibility index (Phi) is 5.37. The van der Waals surface area contributed by atoms with Crippen molar-refractivity contribution in [1.82, 2.24) is 10.2 Å². The van der Waals surface area contributed by atoms with Crippen LogP contribution in [0.2, 0.25) is 0 Å². The molecule has 114 valence electrons. The van der Waals surface area contributed by atoms with E-state index in [1.807, 2.05) is 0 Å². The van der Waals surface area contributed by atoms with Gasteiger partial charge in [-0.05, 0) is 12.5 Å². The number of nitro benzene ring substituents is 1. The van der Waals surface area contributed by atoms with Crippen molar-refractivity contribution in [3.8, 4) is 0 Å². The Hall–Kier alpha value is -2.48. The summed E-state index contributed by atoms with van der Waals surface area (Å²) in [5.41, 5.74) is -0.567. The molecule has 0 aliphatic rings. The standard InChI is InChI=1S/C13H17N3O5/c1-8(12(17)15(2)3)14-7-9-5-4-6-10(16(20)21)11(9)13(18)19/h4-6,8,14H,7H2,1-3H3,(H,18,19). The molecule has 0 spiro atoms. The van der Waals surface area contributed by atoms with E-state index in [4.69, 9.17) is 5.11 Å².